The first-order chi connectivity index (χ1) is 10.2. The van der Waals surface area contributed by atoms with E-state index in [2.05, 4.69) is 15.5 Å². The van der Waals surface area contributed by atoms with Crippen LogP contribution in [-0.4, -0.2) is 72.5 Å². The van der Waals surface area contributed by atoms with Crippen molar-refractivity contribution in [2.45, 2.75) is 56.0 Å². The molecule has 4 fully saturated rings. The molecule has 134 valence electrons. The molecule has 0 unspecified atom stereocenters. The molecule has 1 amide bonds. The fourth-order valence-corrected chi connectivity index (χ4v) is 3.98. The SMILES string of the molecule is Cl.Cl.O=C(N[C@@H]1C[C@H]2CO[C@@H](C3CC3)CN2C1)[C@@H]1C[C@@H](O)CN1. The van der Waals surface area contributed by atoms with Crippen molar-refractivity contribution in [1.29, 1.82) is 0 Å². The molecule has 3 aliphatic heterocycles. The van der Waals surface area contributed by atoms with Gasteiger partial charge in [-0.1, -0.05) is 0 Å². The minimum Gasteiger partial charge on any atom is -0.392 e. The highest BCUT2D eigenvalue weighted by Gasteiger charge is 2.43. The number of nitrogens with zero attached hydrogens (tertiary/aromatic N) is 1. The summed E-state index contributed by atoms with van der Waals surface area (Å²) in [5.41, 5.74) is 0. The first-order valence-electron chi connectivity index (χ1n) is 8.26. The van der Waals surface area contributed by atoms with Crippen molar-refractivity contribution in [3.8, 4) is 0 Å². The summed E-state index contributed by atoms with van der Waals surface area (Å²) in [6.45, 7) is 3.31. The molecular weight excluding hydrogens is 341 g/mol. The Bertz CT molecular complexity index is 425. The predicted molar refractivity (Wildman–Crippen MR) is 91.3 cm³/mol. The summed E-state index contributed by atoms with van der Waals surface area (Å²) in [4.78, 5) is 14.7. The molecule has 0 bridgehead atoms. The number of fused-ring (bicyclic) bond motifs is 1. The van der Waals surface area contributed by atoms with Crippen molar-refractivity contribution >= 4 is 30.7 Å². The average molecular weight is 368 g/mol. The first-order valence-corrected chi connectivity index (χ1v) is 8.26. The van der Waals surface area contributed by atoms with Gasteiger partial charge in [-0.2, -0.15) is 0 Å². The molecule has 5 atom stereocenters. The van der Waals surface area contributed by atoms with Crippen LogP contribution in [0.2, 0.25) is 0 Å². The van der Waals surface area contributed by atoms with E-state index >= 15 is 0 Å². The van der Waals surface area contributed by atoms with Crippen molar-refractivity contribution in [3.05, 3.63) is 0 Å². The second kappa shape index (κ2) is 7.85. The number of hydrogen-bond acceptors (Lipinski definition) is 5. The molecule has 23 heavy (non-hydrogen) atoms. The Kier molecular flexibility index (Phi) is 6.56. The third-order valence-corrected chi connectivity index (χ3v) is 5.36. The van der Waals surface area contributed by atoms with E-state index in [1.165, 1.54) is 12.8 Å². The Morgan fingerprint density at radius 1 is 1.22 bits per heavy atom. The number of nitrogens with one attached hydrogen (secondary N) is 2. The number of hydrogen-bond donors (Lipinski definition) is 3. The summed E-state index contributed by atoms with van der Waals surface area (Å²) in [7, 11) is 0. The number of aliphatic hydroxyl groups excluding tert-OH is 1. The number of morpholine rings is 1. The summed E-state index contributed by atoms with van der Waals surface area (Å²) in [5, 5.41) is 15.7. The third kappa shape index (κ3) is 4.30. The van der Waals surface area contributed by atoms with E-state index in [1.807, 2.05) is 0 Å². The number of rotatable bonds is 3. The van der Waals surface area contributed by atoms with Gasteiger partial charge in [0.15, 0.2) is 0 Å². The van der Waals surface area contributed by atoms with Crippen LogP contribution in [0.1, 0.15) is 25.7 Å². The van der Waals surface area contributed by atoms with Crippen molar-refractivity contribution in [3.63, 3.8) is 0 Å². The van der Waals surface area contributed by atoms with Crippen molar-refractivity contribution in [2.24, 2.45) is 5.92 Å². The predicted octanol–water partition coefficient (Wildman–Crippen LogP) is -0.0793. The zero-order valence-electron chi connectivity index (χ0n) is 13.1. The van der Waals surface area contributed by atoms with Crippen molar-refractivity contribution in [1.82, 2.24) is 15.5 Å². The van der Waals surface area contributed by atoms with Crippen LogP contribution in [0.5, 0.6) is 0 Å². The van der Waals surface area contributed by atoms with Crippen LogP contribution in [0, 0.1) is 5.92 Å². The van der Waals surface area contributed by atoms with Crippen LogP contribution < -0.4 is 10.6 Å². The molecule has 0 aromatic heterocycles. The van der Waals surface area contributed by atoms with E-state index in [0.717, 1.165) is 32.0 Å². The molecule has 0 aromatic carbocycles. The molecule has 8 heteroatoms. The second-order valence-electron chi connectivity index (χ2n) is 7.11. The largest absolute Gasteiger partial charge is 0.392 e. The van der Waals surface area contributed by atoms with E-state index < -0.39 is 0 Å². The molecule has 3 heterocycles. The fraction of sp³-hybridized carbons (Fsp3) is 0.933. The van der Waals surface area contributed by atoms with Gasteiger partial charge in [0.05, 0.1) is 24.9 Å². The molecule has 6 nitrogen and oxygen atoms in total. The van der Waals surface area contributed by atoms with Gasteiger partial charge in [0.1, 0.15) is 0 Å². The van der Waals surface area contributed by atoms with E-state index in [1.54, 1.807) is 0 Å². The molecule has 1 saturated carbocycles. The van der Waals surface area contributed by atoms with Gasteiger partial charge in [-0.25, -0.2) is 0 Å². The topological polar surface area (TPSA) is 73.8 Å². The van der Waals surface area contributed by atoms with Crippen LogP contribution in [0.3, 0.4) is 0 Å². The molecule has 3 saturated heterocycles. The van der Waals surface area contributed by atoms with E-state index in [-0.39, 0.29) is 48.9 Å². The summed E-state index contributed by atoms with van der Waals surface area (Å²) in [6.07, 6.45) is 4.18. The highest BCUT2D eigenvalue weighted by molar-refractivity contribution is 5.85. The number of aliphatic hydroxyl groups is 1. The number of ether oxygens (including phenoxy) is 1. The smallest absolute Gasteiger partial charge is 0.237 e. The molecule has 0 spiro atoms. The summed E-state index contributed by atoms with van der Waals surface area (Å²) < 4.78 is 5.98. The number of carbonyl (C=O) groups excluding carboxylic acids is 1. The van der Waals surface area contributed by atoms with Crippen molar-refractivity contribution in [2.75, 3.05) is 26.2 Å². The van der Waals surface area contributed by atoms with Gasteiger partial charge in [-0.15, -0.1) is 24.8 Å². The number of β-amino-alcohol motifs (C(OH)–C–C–N with tert-alkyl or cyclic N) is 1. The van der Waals surface area contributed by atoms with Gasteiger partial charge in [0, 0.05) is 31.7 Å². The number of halogens is 2. The molecule has 4 rings (SSSR count). The van der Waals surface area contributed by atoms with Gasteiger partial charge < -0.3 is 20.5 Å². The first kappa shape index (κ1) is 19.2. The lowest BCUT2D eigenvalue weighted by Gasteiger charge is -2.35. The highest BCUT2D eigenvalue weighted by Crippen LogP contribution is 2.37. The Morgan fingerprint density at radius 3 is 2.65 bits per heavy atom. The van der Waals surface area contributed by atoms with Gasteiger partial charge in [0.2, 0.25) is 5.91 Å². The molecular formula is C15H27Cl2N3O3. The Labute approximate surface area is 149 Å². The number of amides is 1. The lowest BCUT2D eigenvalue weighted by molar-refractivity contribution is -0.123. The maximum Gasteiger partial charge on any atom is 0.237 e. The van der Waals surface area contributed by atoms with Gasteiger partial charge >= 0.3 is 0 Å². The Morgan fingerprint density at radius 2 is 2.00 bits per heavy atom. The monoisotopic (exact) mass is 367 g/mol. The Balaban J connectivity index is 0.000000960. The van der Waals surface area contributed by atoms with E-state index in [4.69, 9.17) is 4.74 Å². The Hall–Kier alpha value is -0.110. The molecule has 4 aliphatic rings. The lowest BCUT2D eigenvalue weighted by Crippen LogP contribution is -2.48. The van der Waals surface area contributed by atoms with E-state index in [0.29, 0.717) is 25.1 Å². The average Bonchev–Trinajstić information content (AvgIpc) is 3.10. The zero-order valence-corrected chi connectivity index (χ0v) is 14.8. The van der Waals surface area contributed by atoms with Crippen LogP contribution in [0.25, 0.3) is 0 Å². The summed E-state index contributed by atoms with van der Waals surface area (Å²) in [5.74, 6) is 0.819. The second-order valence-corrected chi connectivity index (χ2v) is 7.11. The van der Waals surface area contributed by atoms with E-state index in [9.17, 15) is 9.90 Å². The quantitative estimate of drug-likeness (QED) is 0.650. The molecule has 0 radical (unpaired) electrons. The minimum absolute atomic E-state index is 0. The normalized spacial score (nSPS) is 40.0. The lowest BCUT2D eigenvalue weighted by atomic mass is 10.1. The van der Waals surface area contributed by atoms with Crippen LogP contribution in [-0.2, 0) is 9.53 Å². The van der Waals surface area contributed by atoms with Gasteiger partial charge in [-0.3, -0.25) is 9.69 Å². The van der Waals surface area contributed by atoms with Crippen LogP contribution in [0.4, 0.5) is 0 Å². The molecule has 3 N–H and O–H groups in total. The molecule has 1 aliphatic carbocycles. The summed E-state index contributed by atoms with van der Waals surface area (Å²) >= 11 is 0. The molecule has 0 aromatic rings. The third-order valence-electron chi connectivity index (χ3n) is 5.36. The highest BCUT2D eigenvalue weighted by atomic mass is 35.5. The maximum atomic E-state index is 12.2. The minimum atomic E-state index is -0.386. The van der Waals surface area contributed by atoms with Gasteiger partial charge in [0.25, 0.3) is 0 Å². The summed E-state index contributed by atoms with van der Waals surface area (Å²) in [6, 6.07) is 0.462. The maximum absolute atomic E-state index is 12.2. The van der Waals surface area contributed by atoms with Gasteiger partial charge in [-0.05, 0) is 31.6 Å². The van der Waals surface area contributed by atoms with Crippen molar-refractivity contribution < 1.29 is 14.6 Å². The van der Waals surface area contributed by atoms with Crippen LogP contribution >= 0.6 is 24.8 Å². The van der Waals surface area contributed by atoms with Crippen LogP contribution in [0.15, 0.2) is 0 Å². The fourth-order valence-electron chi connectivity index (χ4n) is 3.98. The zero-order chi connectivity index (χ0) is 14.4. The number of carbonyl (C=O) groups is 1. The standard InChI is InChI=1S/C15H25N3O3.2ClH/c19-12-4-13(16-5-12)15(20)17-10-3-11-8-21-14(9-1-2-9)7-18(11)6-10;;/h9-14,16,19H,1-8H2,(H,17,20);2*1H/t10-,11+,12-,13+,14-;;/m1../s1.